The Morgan fingerprint density at radius 1 is 1.29 bits per heavy atom. The van der Waals surface area contributed by atoms with Crippen molar-refractivity contribution in [3.8, 4) is 0 Å². The summed E-state index contributed by atoms with van der Waals surface area (Å²) in [5.41, 5.74) is 1.96. The van der Waals surface area contributed by atoms with Gasteiger partial charge in [-0.2, -0.15) is 0 Å². The van der Waals surface area contributed by atoms with Crippen molar-refractivity contribution < 1.29 is 4.79 Å². The van der Waals surface area contributed by atoms with Crippen molar-refractivity contribution in [2.24, 2.45) is 7.05 Å². The number of amides is 1. The van der Waals surface area contributed by atoms with Gasteiger partial charge in [0, 0.05) is 24.5 Å². The molecule has 0 radical (unpaired) electrons. The van der Waals surface area contributed by atoms with Gasteiger partial charge in [0.2, 0.25) is 5.82 Å². The molecule has 0 aliphatic heterocycles. The second kappa shape index (κ2) is 4.54. The second-order valence-electron chi connectivity index (χ2n) is 4.69. The van der Waals surface area contributed by atoms with Crippen LogP contribution in [-0.4, -0.2) is 35.3 Å². The normalized spacial score (nSPS) is 11.0. The van der Waals surface area contributed by atoms with Gasteiger partial charge in [0.15, 0.2) is 11.5 Å². The molecule has 108 valence electrons. The maximum Gasteiger partial charge on any atom is 0.343 e. The van der Waals surface area contributed by atoms with Crippen molar-refractivity contribution in [3.63, 3.8) is 0 Å². The maximum atomic E-state index is 12.0. The molecule has 0 aliphatic carbocycles. The monoisotopic (exact) mass is 287 g/mol. The number of carbonyl (C=O) groups excluding carboxylic acids is 1. The van der Waals surface area contributed by atoms with Crippen molar-refractivity contribution in [2.75, 3.05) is 5.32 Å². The molecule has 9 heteroatoms. The van der Waals surface area contributed by atoms with Gasteiger partial charge in [0.05, 0.1) is 0 Å². The van der Waals surface area contributed by atoms with Crippen LogP contribution in [-0.2, 0) is 7.05 Å². The summed E-state index contributed by atoms with van der Waals surface area (Å²) < 4.78 is 2.68. The molecule has 3 heterocycles. The highest BCUT2D eigenvalue weighted by Crippen LogP contribution is 2.12. The molecule has 3 aromatic rings. The molecule has 0 bridgehead atoms. The zero-order chi connectivity index (χ0) is 15.1. The second-order valence-corrected chi connectivity index (χ2v) is 4.69. The van der Waals surface area contributed by atoms with Crippen LogP contribution in [0.15, 0.2) is 16.9 Å². The Morgan fingerprint density at radius 2 is 2.05 bits per heavy atom. The number of H-pyrrole nitrogens is 1. The first kappa shape index (κ1) is 13.0. The number of hydrogen-bond acceptors (Lipinski definition) is 5. The smallest absolute Gasteiger partial charge is 0.302 e. The van der Waals surface area contributed by atoms with Crippen molar-refractivity contribution in [1.82, 2.24) is 29.4 Å². The summed E-state index contributed by atoms with van der Waals surface area (Å²) in [6.07, 6.45) is 0. The number of anilines is 1. The van der Waals surface area contributed by atoms with Crippen LogP contribution in [0.5, 0.6) is 0 Å². The van der Waals surface area contributed by atoms with E-state index in [0.717, 1.165) is 16.1 Å². The molecule has 21 heavy (non-hydrogen) atoms. The molecule has 0 saturated carbocycles. The lowest BCUT2D eigenvalue weighted by Crippen LogP contribution is -2.15. The molecule has 0 saturated heterocycles. The molecular formula is C12H13N7O2. The number of rotatable bonds is 2. The highest BCUT2D eigenvalue weighted by Gasteiger charge is 2.14. The fourth-order valence-corrected chi connectivity index (χ4v) is 2.03. The third-order valence-corrected chi connectivity index (χ3v) is 2.96. The minimum Gasteiger partial charge on any atom is -0.302 e. The lowest BCUT2D eigenvalue weighted by atomic mass is 10.3. The van der Waals surface area contributed by atoms with Gasteiger partial charge >= 0.3 is 5.69 Å². The lowest BCUT2D eigenvalue weighted by molar-refractivity contribution is 0.101. The van der Waals surface area contributed by atoms with Crippen LogP contribution < -0.4 is 11.0 Å². The van der Waals surface area contributed by atoms with Crippen molar-refractivity contribution in [2.45, 2.75) is 13.8 Å². The van der Waals surface area contributed by atoms with Gasteiger partial charge < -0.3 is 5.32 Å². The van der Waals surface area contributed by atoms with Crippen LogP contribution in [0.2, 0.25) is 0 Å². The molecule has 0 unspecified atom stereocenters. The van der Waals surface area contributed by atoms with Gasteiger partial charge in [0.1, 0.15) is 0 Å². The molecule has 0 spiro atoms. The van der Waals surface area contributed by atoms with Crippen molar-refractivity contribution in [3.05, 3.63) is 39.8 Å². The minimum atomic E-state index is -0.537. The summed E-state index contributed by atoms with van der Waals surface area (Å²) in [6.45, 7) is 3.79. The SMILES string of the molecule is Cc1cc(C)n2nc(NC(=O)c3nn(C)c(=O)[nH]3)cc2n1. The van der Waals surface area contributed by atoms with E-state index >= 15 is 0 Å². The summed E-state index contributed by atoms with van der Waals surface area (Å²) in [5, 5.41) is 10.6. The molecule has 0 atom stereocenters. The van der Waals surface area contributed by atoms with Gasteiger partial charge in [-0.1, -0.05) is 0 Å². The average Bonchev–Trinajstić information content (AvgIpc) is 2.94. The molecule has 9 nitrogen and oxygen atoms in total. The molecule has 0 aromatic carbocycles. The predicted molar refractivity (Wildman–Crippen MR) is 74.2 cm³/mol. The number of aryl methyl sites for hydroxylation is 3. The maximum absolute atomic E-state index is 12.0. The van der Waals surface area contributed by atoms with Gasteiger partial charge in [0.25, 0.3) is 5.91 Å². The third kappa shape index (κ3) is 2.29. The van der Waals surface area contributed by atoms with E-state index in [9.17, 15) is 9.59 Å². The number of nitrogens with one attached hydrogen (secondary N) is 2. The Labute approximate surface area is 118 Å². The predicted octanol–water partition coefficient (Wildman–Crippen LogP) is 0.0202. The molecule has 3 rings (SSSR count). The topological polar surface area (TPSA) is 110 Å². The standard InChI is InChI=1S/C12H13N7O2/c1-6-4-7(2)19-9(13-6)5-8(16-19)14-11(20)10-15-12(21)18(3)17-10/h4-5H,1-3H3,(H,14,16,20)(H,15,17,21). The van der Waals surface area contributed by atoms with Gasteiger partial charge in [-0.3, -0.25) is 9.78 Å². The van der Waals surface area contributed by atoms with Crippen LogP contribution in [0.25, 0.3) is 5.65 Å². The van der Waals surface area contributed by atoms with E-state index < -0.39 is 11.6 Å². The molecule has 0 aliphatic rings. The van der Waals surface area contributed by atoms with Crippen LogP contribution in [0.4, 0.5) is 5.82 Å². The Morgan fingerprint density at radius 3 is 2.71 bits per heavy atom. The fourth-order valence-electron chi connectivity index (χ4n) is 2.03. The first-order valence-corrected chi connectivity index (χ1v) is 6.23. The number of nitrogens with zero attached hydrogens (tertiary/aromatic N) is 5. The van der Waals surface area contributed by atoms with Crippen LogP contribution in [0.3, 0.4) is 0 Å². The van der Waals surface area contributed by atoms with E-state index in [1.54, 1.807) is 10.6 Å². The van der Waals surface area contributed by atoms with Crippen molar-refractivity contribution >= 4 is 17.4 Å². The number of carbonyl (C=O) groups is 1. The molecule has 0 fully saturated rings. The number of aromatic nitrogens is 6. The van der Waals surface area contributed by atoms with Crippen LogP contribution in [0.1, 0.15) is 22.0 Å². The zero-order valence-electron chi connectivity index (χ0n) is 11.7. The molecule has 1 amide bonds. The summed E-state index contributed by atoms with van der Waals surface area (Å²) in [6, 6.07) is 3.54. The van der Waals surface area contributed by atoms with Crippen LogP contribution in [0, 0.1) is 13.8 Å². The quantitative estimate of drug-likeness (QED) is 0.690. The Kier molecular flexibility index (Phi) is 2.82. The van der Waals surface area contributed by atoms with E-state index in [1.165, 1.54) is 7.05 Å². The first-order chi connectivity index (χ1) is 9.94. The third-order valence-electron chi connectivity index (χ3n) is 2.96. The number of aromatic amines is 1. The summed E-state index contributed by atoms with van der Waals surface area (Å²) in [5.74, 6) is -0.265. The molecule has 2 N–H and O–H groups in total. The zero-order valence-corrected chi connectivity index (χ0v) is 11.7. The van der Waals surface area contributed by atoms with Crippen molar-refractivity contribution in [1.29, 1.82) is 0 Å². The van der Waals surface area contributed by atoms with E-state index in [0.29, 0.717) is 11.5 Å². The Balaban J connectivity index is 1.93. The average molecular weight is 287 g/mol. The van der Waals surface area contributed by atoms with Crippen LogP contribution >= 0.6 is 0 Å². The molecule has 3 aromatic heterocycles. The Hall–Kier alpha value is -2.97. The summed E-state index contributed by atoms with van der Waals surface area (Å²) in [7, 11) is 1.45. The summed E-state index contributed by atoms with van der Waals surface area (Å²) in [4.78, 5) is 29.9. The molecular weight excluding hydrogens is 274 g/mol. The highest BCUT2D eigenvalue weighted by molar-refractivity contribution is 6.01. The number of fused-ring (bicyclic) bond motifs is 1. The largest absolute Gasteiger partial charge is 0.343 e. The van der Waals surface area contributed by atoms with Gasteiger partial charge in [-0.15, -0.1) is 10.2 Å². The summed E-state index contributed by atoms with van der Waals surface area (Å²) >= 11 is 0. The minimum absolute atomic E-state index is 0.0691. The van der Waals surface area contributed by atoms with E-state index in [2.05, 4.69) is 25.5 Å². The van der Waals surface area contributed by atoms with E-state index in [1.807, 2.05) is 19.9 Å². The van der Waals surface area contributed by atoms with Gasteiger partial charge in [-0.05, 0) is 19.9 Å². The van der Waals surface area contributed by atoms with Gasteiger partial charge in [-0.25, -0.2) is 19.0 Å². The lowest BCUT2D eigenvalue weighted by Gasteiger charge is -1.99. The van der Waals surface area contributed by atoms with E-state index in [4.69, 9.17) is 0 Å². The van der Waals surface area contributed by atoms with E-state index in [-0.39, 0.29) is 5.82 Å². The highest BCUT2D eigenvalue weighted by atomic mass is 16.2. The number of hydrogen-bond donors (Lipinski definition) is 2. The fraction of sp³-hybridized carbons (Fsp3) is 0.250. The Bertz CT molecular complexity index is 902. The first-order valence-electron chi connectivity index (χ1n) is 6.23.